The molecule has 0 aliphatic heterocycles. The smallest absolute Gasteiger partial charge is 0.307 e. The minimum Gasteiger partial charge on any atom is -0.508 e. The van der Waals surface area contributed by atoms with Crippen LogP contribution in [0, 0.1) is 12.8 Å². The second kappa shape index (κ2) is 3.01. The third-order valence-corrected chi connectivity index (χ3v) is 2.77. The van der Waals surface area contributed by atoms with Crippen LogP contribution in [-0.2, 0) is 4.79 Å². The lowest BCUT2D eigenvalue weighted by molar-refractivity contribution is -0.138. The van der Waals surface area contributed by atoms with Gasteiger partial charge >= 0.3 is 5.97 Å². The van der Waals surface area contributed by atoms with Crippen LogP contribution in [0.4, 0.5) is 0 Å². The lowest BCUT2D eigenvalue weighted by Gasteiger charge is -2.02. The molecule has 1 aromatic carbocycles. The molecule has 0 spiro atoms. The van der Waals surface area contributed by atoms with Crippen LogP contribution in [0.1, 0.15) is 23.5 Å². The Balaban J connectivity index is 2.20. The van der Waals surface area contributed by atoms with Gasteiger partial charge in [0.25, 0.3) is 0 Å². The predicted molar refractivity (Wildman–Crippen MR) is 51.3 cm³/mol. The molecule has 1 aromatic rings. The first-order valence-corrected chi connectivity index (χ1v) is 4.62. The first kappa shape index (κ1) is 9.06. The normalized spacial score (nSPS) is 24.6. The standard InChI is InChI=1S/C11H12O3/c1-6-2-3-7(4-10(6)12)8-5-9(8)11(13)14/h2-4,8-9,12H,5H2,1H3,(H,13,14)/t8-,9+/m0/s1. The van der Waals surface area contributed by atoms with Gasteiger partial charge in [0.2, 0.25) is 0 Å². The maximum atomic E-state index is 10.6. The van der Waals surface area contributed by atoms with Gasteiger partial charge in [-0.25, -0.2) is 0 Å². The summed E-state index contributed by atoms with van der Waals surface area (Å²) >= 11 is 0. The molecule has 1 aliphatic rings. The van der Waals surface area contributed by atoms with Gasteiger partial charge in [-0.2, -0.15) is 0 Å². The zero-order valence-corrected chi connectivity index (χ0v) is 7.90. The van der Waals surface area contributed by atoms with Crippen LogP contribution in [0.25, 0.3) is 0 Å². The van der Waals surface area contributed by atoms with Crippen molar-refractivity contribution in [3.8, 4) is 5.75 Å². The highest BCUT2D eigenvalue weighted by molar-refractivity contribution is 5.75. The molecule has 1 aliphatic carbocycles. The van der Waals surface area contributed by atoms with Crippen LogP contribution in [-0.4, -0.2) is 16.2 Å². The van der Waals surface area contributed by atoms with Crippen molar-refractivity contribution in [2.24, 2.45) is 5.92 Å². The molecule has 1 saturated carbocycles. The van der Waals surface area contributed by atoms with Crippen LogP contribution in [0.3, 0.4) is 0 Å². The van der Waals surface area contributed by atoms with Gasteiger partial charge in [-0.1, -0.05) is 12.1 Å². The van der Waals surface area contributed by atoms with E-state index in [4.69, 9.17) is 5.11 Å². The minimum atomic E-state index is -0.741. The lowest BCUT2D eigenvalue weighted by Crippen LogP contribution is -1.98. The SMILES string of the molecule is Cc1ccc([C@@H]2C[C@H]2C(=O)O)cc1O. The summed E-state index contributed by atoms with van der Waals surface area (Å²) in [6.45, 7) is 1.82. The van der Waals surface area contributed by atoms with E-state index in [0.717, 1.165) is 11.1 Å². The fourth-order valence-electron chi connectivity index (χ4n) is 1.69. The van der Waals surface area contributed by atoms with Gasteiger partial charge in [-0.05, 0) is 36.5 Å². The number of aliphatic carboxylic acids is 1. The van der Waals surface area contributed by atoms with Gasteiger partial charge in [0, 0.05) is 0 Å². The molecule has 14 heavy (non-hydrogen) atoms. The summed E-state index contributed by atoms with van der Waals surface area (Å²) in [6.07, 6.45) is 0.692. The molecule has 3 heteroatoms. The molecule has 0 unspecified atom stereocenters. The molecule has 2 N–H and O–H groups in total. The monoisotopic (exact) mass is 192 g/mol. The van der Waals surface area contributed by atoms with Crippen molar-refractivity contribution in [1.29, 1.82) is 0 Å². The first-order valence-electron chi connectivity index (χ1n) is 4.62. The molecular weight excluding hydrogens is 180 g/mol. The number of phenolic OH excluding ortho intramolecular Hbond substituents is 1. The second-order valence-electron chi connectivity index (χ2n) is 3.83. The summed E-state index contributed by atoms with van der Waals surface area (Å²) < 4.78 is 0. The molecule has 0 amide bonds. The molecule has 0 bridgehead atoms. The number of hydrogen-bond donors (Lipinski definition) is 2. The van der Waals surface area contributed by atoms with Gasteiger partial charge in [0.1, 0.15) is 5.75 Å². The number of aromatic hydroxyl groups is 1. The van der Waals surface area contributed by atoms with E-state index in [2.05, 4.69) is 0 Å². The van der Waals surface area contributed by atoms with Crippen molar-refractivity contribution in [1.82, 2.24) is 0 Å². The quantitative estimate of drug-likeness (QED) is 0.752. The number of benzene rings is 1. The Hall–Kier alpha value is -1.51. The van der Waals surface area contributed by atoms with E-state index in [0.29, 0.717) is 6.42 Å². The summed E-state index contributed by atoms with van der Waals surface area (Å²) in [5, 5.41) is 18.2. The molecule has 2 rings (SSSR count). The van der Waals surface area contributed by atoms with Gasteiger partial charge in [-0.15, -0.1) is 0 Å². The maximum Gasteiger partial charge on any atom is 0.307 e. The van der Waals surface area contributed by atoms with Crippen LogP contribution < -0.4 is 0 Å². The number of rotatable bonds is 2. The Morgan fingerprint density at radius 3 is 2.71 bits per heavy atom. The third kappa shape index (κ3) is 1.45. The molecular formula is C11H12O3. The Labute approximate surface area is 82.0 Å². The number of carboxylic acid groups (broad SMARTS) is 1. The van der Waals surface area contributed by atoms with Crippen LogP contribution in [0.2, 0.25) is 0 Å². The summed E-state index contributed by atoms with van der Waals surface area (Å²) in [4.78, 5) is 10.6. The number of carboxylic acids is 1. The summed E-state index contributed by atoms with van der Waals surface area (Å²) in [5.74, 6) is -0.648. The minimum absolute atomic E-state index is 0.0963. The highest BCUT2D eigenvalue weighted by Crippen LogP contribution is 2.48. The Morgan fingerprint density at radius 1 is 1.50 bits per heavy atom. The van der Waals surface area contributed by atoms with Crippen molar-refractivity contribution >= 4 is 5.97 Å². The average molecular weight is 192 g/mol. The summed E-state index contributed by atoms with van der Waals surface area (Å²) in [7, 11) is 0. The zero-order chi connectivity index (χ0) is 10.3. The molecule has 3 nitrogen and oxygen atoms in total. The Morgan fingerprint density at radius 2 is 2.21 bits per heavy atom. The fourth-order valence-corrected chi connectivity index (χ4v) is 1.69. The van der Waals surface area contributed by atoms with Crippen molar-refractivity contribution in [3.63, 3.8) is 0 Å². The van der Waals surface area contributed by atoms with E-state index < -0.39 is 5.97 Å². The molecule has 0 aromatic heterocycles. The number of phenols is 1. The molecule has 0 radical (unpaired) electrons. The molecule has 74 valence electrons. The van der Waals surface area contributed by atoms with Gasteiger partial charge in [0.15, 0.2) is 0 Å². The van der Waals surface area contributed by atoms with E-state index >= 15 is 0 Å². The van der Waals surface area contributed by atoms with Crippen molar-refractivity contribution < 1.29 is 15.0 Å². The topological polar surface area (TPSA) is 57.5 Å². The Bertz CT molecular complexity index is 384. The third-order valence-electron chi connectivity index (χ3n) is 2.77. The van der Waals surface area contributed by atoms with Crippen LogP contribution in [0.15, 0.2) is 18.2 Å². The highest BCUT2D eigenvalue weighted by Gasteiger charge is 2.44. The van der Waals surface area contributed by atoms with E-state index in [1.807, 2.05) is 19.1 Å². The van der Waals surface area contributed by atoms with E-state index in [9.17, 15) is 9.90 Å². The van der Waals surface area contributed by atoms with Crippen LogP contribution in [0.5, 0.6) is 5.75 Å². The zero-order valence-electron chi connectivity index (χ0n) is 7.90. The van der Waals surface area contributed by atoms with Crippen molar-refractivity contribution in [2.75, 3.05) is 0 Å². The average Bonchev–Trinajstić information content (AvgIpc) is 2.89. The van der Waals surface area contributed by atoms with E-state index in [1.54, 1.807) is 6.07 Å². The fraction of sp³-hybridized carbons (Fsp3) is 0.364. The van der Waals surface area contributed by atoms with Gasteiger partial charge in [0.05, 0.1) is 5.92 Å². The van der Waals surface area contributed by atoms with Crippen molar-refractivity contribution in [2.45, 2.75) is 19.3 Å². The van der Waals surface area contributed by atoms with Gasteiger partial charge < -0.3 is 10.2 Å². The molecule has 1 fully saturated rings. The predicted octanol–water partition coefficient (Wildman–Crippen LogP) is 1.89. The van der Waals surface area contributed by atoms with Crippen LogP contribution >= 0.6 is 0 Å². The molecule has 2 atom stereocenters. The lowest BCUT2D eigenvalue weighted by atomic mass is 10.1. The second-order valence-corrected chi connectivity index (χ2v) is 3.83. The molecule has 0 heterocycles. The Kier molecular flexibility index (Phi) is 1.95. The van der Waals surface area contributed by atoms with Gasteiger partial charge in [-0.3, -0.25) is 4.79 Å². The summed E-state index contributed by atoms with van der Waals surface area (Å²) in [5.41, 5.74) is 1.75. The summed E-state index contributed by atoms with van der Waals surface area (Å²) in [6, 6.07) is 5.38. The number of carbonyl (C=O) groups is 1. The highest BCUT2D eigenvalue weighted by atomic mass is 16.4. The number of hydrogen-bond acceptors (Lipinski definition) is 2. The molecule has 0 saturated heterocycles. The number of aryl methyl sites for hydroxylation is 1. The van der Waals surface area contributed by atoms with E-state index in [1.165, 1.54) is 0 Å². The largest absolute Gasteiger partial charge is 0.508 e. The first-order chi connectivity index (χ1) is 6.59. The maximum absolute atomic E-state index is 10.6. The van der Waals surface area contributed by atoms with Crippen molar-refractivity contribution in [3.05, 3.63) is 29.3 Å². The van der Waals surface area contributed by atoms with E-state index in [-0.39, 0.29) is 17.6 Å².